The predicted molar refractivity (Wildman–Crippen MR) is 96.1 cm³/mol. The molecule has 0 spiro atoms. The van der Waals surface area contributed by atoms with Crippen LogP contribution >= 0.6 is 11.6 Å². The molecule has 0 aromatic heterocycles. The lowest BCUT2D eigenvalue weighted by Gasteiger charge is -2.38. The summed E-state index contributed by atoms with van der Waals surface area (Å²) >= 11 is 6.09. The maximum absolute atomic E-state index is 12.5. The normalized spacial score (nSPS) is 18.2. The predicted octanol–water partition coefficient (Wildman–Crippen LogP) is 2.25. The number of urea groups is 2. The summed E-state index contributed by atoms with van der Waals surface area (Å²) in [5, 5.41) is 3.48. The minimum atomic E-state index is -0.168. The smallest absolute Gasteiger partial charge is 0.321 e. The molecule has 1 aromatic carbocycles. The summed E-state index contributed by atoms with van der Waals surface area (Å²) in [4.78, 5) is 30.2. The molecular weight excluding hydrogens is 344 g/mol. The number of amides is 4. The number of hydrogen-bond acceptors (Lipinski definition) is 3. The zero-order valence-corrected chi connectivity index (χ0v) is 15.1. The van der Waals surface area contributed by atoms with Gasteiger partial charge in [0.05, 0.1) is 13.2 Å². The van der Waals surface area contributed by atoms with Gasteiger partial charge in [0.15, 0.2) is 0 Å². The lowest BCUT2D eigenvalue weighted by Crippen LogP contribution is -2.56. The van der Waals surface area contributed by atoms with Gasteiger partial charge in [0.25, 0.3) is 0 Å². The summed E-state index contributed by atoms with van der Waals surface area (Å²) in [5.41, 5.74) is 1.64. The summed E-state index contributed by atoms with van der Waals surface area (Å²) in [6.45, 7) is 6.47. The van der Waals surface area contributed by atoms with Crippen molar-refractivity contribution in [3.63, 3.8) is 0 Å². The van der Waals surface area contributed by atoms with E-state index in [1.165, 1.54) is 0 Å². The lowest BCUT2D eigenvalue weighted by molar-refractivity contribution is 0.0394. The lowest BCUT2D eigenvalue weighted by atomic mass is 10.2. The number of hydrogen-bond donors (Lipinski definition) is 1. The van der Waals surface area contributed by atoms with Gasteiger partial charge in [0.1, 0.15) is 0 Å². The fraction of sp³-hybridized carbons (Fsp3) is 0.529. The van der Waals surface area contributed by atoms with Crippen LogP contribution in [-0.2, 0) is 4.74 Å². The Hall–Kier alpha value is -1.99. The fourth-order valence-electron chi connectivity index (χ4n) is 2.93. The van der Waals surface area contributed by atoms with Crippen LogP contribution < -0.4 is 5.32 Å². The Morgan fingerprint density at radius 2 is 1.60 bits per heavy atom. The van der Waals surface area contributed by atoms with Crippen LogP contribution in [0.3, 0.4) is 0 Å². The Labute approximate surface area is 152 Å². The minimum Gasteiger partial charge on any atom is -0.378 e. The molecule has 2 fully saturated rings. The first kappa shape index (κ1) is 17.8. The molecular formula is C17H23ClN4O3. The van der Waals surface area contributed by atoms with Crippen LogP contribution in [-0.4, -0.2) is 79.2 Å². The van der Waals surface area contributed by atoms with Gasteiger partial charge in [-0.25, -0.2) is 9.59 Å². The summed E-state index contributed by atoms with van der Waals surface area (Å²) in [6, 6.07) is 5.31. The number of piperazine rings is 1. The van der Waals surface area contributed by atoms with Gasteiger partial charge in [-0.3, -0.25) is 0 Å². The molecule has 0 saturated carbocycles. The van der Waals surface area contributed by atoms with Crippen LogP contribution in [0.25, 0.3) is 0 Å². The second kappa shape index (κ2) is 7.93. The van der Waals surface area contributed by atoms with Crippen LogP contribution in [0.2, 0.25) is 5.02 Å². The summed E-state index contributed by atoms with van der Waals surface area (Å²) < 4.78 is 5.28. The van der Waals surface area contributed by atoms with Gasteiger partial charge in [-0.05, 0) is 24.6 Å². The molecule has 0 aliphatic carbocycles. The van der Waals surface area contributed by atoms with Gasteiger partial charge < -0.3 is 24.8 Å². The first-order chi connectivity index (χ1) is 12.0. The molecule has 2 aliphatic rings. The van der Waals surface area contributed by atoms with Gasteiger partial charge in [-0.2, -0.15) is 0 Å². The zero-order chi connectivity index (χ0) is 17.8. The third-order valence-corrected chi connectivity index (χ3v) is 4.95. The molecule has 4 amide bonds. The Morgan fingerprint density at radius 3 is 2.24 bits per heavy atom. The van der Waals surface area contributed by atoms with Gasteiger partial charge in [0, 0.05) is 50.0 Å². The molecule has 3 rings (SSSR count). The molecule has 7 nitrogen and oxygen atoms in total. The average molecular weight is 367 g/mol. The molecule has 2 saturated heterocycles. The Kier molecular flexibility index (Phi) is 5.65. The van der Waals surface area contributed by atoms with E-state index in [1.54, 1.807) is 15.9 Å². The zero-order valence-electron chi connectivity index (χ0n) is 14.3. The molecule has 0 atom stereocenters. The largest absolute Gasteiger partial charge is 0.378 e. The van der Waals surface area contributed by atoms with E-state index in [-0.39, 0.29) is 12.1 Å². The number of halogens is 1. The second-order valence-electron chi connectivity index (χ2n) is 6.25. The van der Waals surface area contributed by atoms with Crippen molar-refractivity contribution in [2.75, 3.05) is 57.8 Å². The Bertz CT molecular complexity index is 641. The third kappa shape index (κ3) is 4.35. The number of carbonyl (C=O) groups is 2. The molecule has 0 radical (unpaired) electrons. The molecule has 2 aliphatic heterocycles. The van der Waals surface area contributed by atoms with Crippen LogP contribution in [0, 0.1) is 6.92 Å². The summed E-state index contributed by atoms with van der Waals surface area (Å²) in [7, 11) is 0. The van der Waals surface area contributed by atoms with Crippen molar-refractivity contribution < 1.29 is 14.3 Å². The highest BCUT2D eigenvalue weighted by molar-refractivity contribution is 6.31. The highest BCUT2D eigenvalue weighted by atomic mass is 35.5. The monoisotopic (exact) mass is 366 g/mol. The van der Waals surface area contributed by atoms with Crippen molar-refractivity contribution in [2.24, 2.45) is 0 Å². The standard InChI is InChI=1S/C17H23ClN4O3/c1-13-2-3-14(12-15(13)18)19-16(23)20-4-6-21(7-5-20)17(24)22-8-10-25-11-9-22/h2-3,12H,4-11H2,1H3,(H,19,23). The van der Waals surface area contributed by atoms with Crippen LogP contribution in [0.4, 0.5) is 15.3 Å². The number of ether oxygens (including phenoxy) is 1. The van der Waals surface area contributed by atoms with Gasteiger partial charge in [-0.1, -0.05) is 17.7 Å². The first-order valence-electron chi connectivity index (χ1n) is 8.48. The Balaban J connectivity index is 1.50. The highest BCUT2D eigenvalue weighted by Gasteiger charge is 2.28. The summed E-state index contributed by atoms with van der Waals surface area (Å²) in [5.74, 6) is 0. The third-order valence-electron chi connectivity index (χ3n) is 4.54. The van der Waals surface area contributed by atoms with Gasteiger partial charge in [-0.15, -0.1) is 0 Å². The maximum Gasteiger partial charge on any atom is 0.321 e. The second-order valence-corrected chi connectivity index (χ2v) is 6.66. The highest BCUT2D eigenvalue weighted by Crippen LogP contribution is 2.20. The topological polar surface area (TPSA) is 65.1 Å². The van der Waals surface area contributed by atoms with Crippen molar-refractivity contribution in [1.82, 2.24) is 14.7 Å². The van der Waals surface area contributed by atoms with Crippen molar-refractivity contribution in [3.8, 4) is 0 Å². The van der Waals surface area contributed by atoms with Gasteiger partial charge in [0.2, 0.25) is 0 Å². The molecule has 0 bridgehead atoms. The Morgan fingerprint density at radius 1 is 1.00 bits per heavy atom. The number of anilines is 1. The quantitative estimate of drug-likeness (QED) is 0.829. The average Bonchev–Trinajstić information content (AvgIpc) is 2.65. The number of carbonyl (C=O) groups excluding carboxylic acids is 2. The van der Waals surface area contributed by atoms with Crippen molar-refractivity contribution >= 4 is 29.4 Å². The van der Waals surface area contributed by atoms with E-state index < -0.39 is 0 Å². The number of rotatable bonds is 1. The first-order valence-corrected chi connectivity index (χ1v) is 8.86. The van der Waals surface area contributed by atoms with E-state index in [0.717, 1.165) is 5.56 Å². The molecule has 2 heterocycles. The number of nitrogens with zero attached hydrogens (tertiary/aromatic N) is 3. The van der Waals surface area contributed by atoms with E-state index >= 15 is 0 Å². The minimum absolute atomic E-state index is 0.0358. The van der Waals surface area contributed by atoms with Crippen LogP contribution in [0.15, 0.2) is 18.2 Å². The molecule has 25 heavy (non-hydrogen) atoms. The molecule has 136 valence electrons. The van der Waals surface area contributed by atoms with Crippen molar-refractivity contribution in [1.29, 1.82) is 0 Å². The van der Waals surface area contributed by atoms with E-state index in [2.05, 4.69) is 5.32 Å². The van der Waals surface area contributed by atoms with E-state index in [0.29, 0.717) is 63.2 Å². The molecule has 1 aromatic rings. The summed E-state index contributed by atoms with van der Waals surface area (Å²) in [6.07, 6.45) is 0. The number of morpholine rings is 1. The van der Waals surface area contributed by atoms with Crippen LogP contribution in [0.5, 0.6) is 0 Å². The molecule has 0 unspecified atom stereocenters. The number of nitrogens with one attached hydrogen (secondary N) is 1. The number of benzene rings is 1. The number of aryl methyl sites for hydroxylation is 1. The van der Waals surface area contributed by atoms with Crippen LogP contribution in [0.1, 0.15) is 5.56 Å². The van der Waals surface area contributed by atoms with E-state index in [4.69, 9.17) is 16.3 Å². The van der Waals surface area contributed by atoms with Crippen molar-refractivity contribution in [2.45, 2.75) is 6.92 Å². The van der Waals surface area contributed by atoms with Gasteiger partial charge >= 0.3 is 12.1 Å². The maximum atomic E-state index is 12.5. The fourth-order valence-corrected chi connectivity index (χ4v) is 3.11. The van der Waals surface area contributed by atoms with Crippen molar-refractivity contribution in [3.05, 3.63) is 28.8 Å². The SMILES string of the molecule is Cc1ccc(NC(=O)N2CCN(C(=O)N3CCOCC3)CC2)cc1Cl. The molecule has 8 heteroatoms. The van der Waals surface area contributed by atoms with E-state index in [9.17, 15) is 9.59 Å². The molecule has 1 N–H and O–H groups in total. The van der Waals surface area contributed by atoms with E-state index in [1.807, 2.05) is 24.0 Å².